The normalized spacial score (nSPS) is 42.8. The van der Waals surface area contributed by atoms with Crippen LogP contribution in [0.15, 0.2) is 0 Å². The van der Waals surface area contributed by atoms with Crippen LogP contribution in [0.5, 0.6) is 0 Å². The molecule has 4 saturated carbocycles. The second-order valence-corrected chi connectivity index (χ2v) is 8.33. The van der Waals surface area contributed by atoms with Crippen LogP contribution < -0.4 is 0 Å². The van der Waals surface area contributed by atoms with Crippen LogP contribution in [0.4, 0.5) is 0 Å². The van der Waals surface area contributed by atoms with Gasteiger partial charge < -0.3 is 14.7 Å². The van der Waals surface area contributed by atoms with Gasteiger partial charge in [0.15, 0.2) is 6.61 Å². The Labute approximate surface area is 141 Å². The Balaban J connectivity index is 1.54. The minimum atomic E-state index is -0.742. The number of β-amino-alcohol motifs (C(OH)–C–C–N with tert-alkyl or cyclic N) is 1. The number of amides is 1. The van der Waals surface area contributed by atoms with Crippen LogP contribution in [0, 0.1) is 34.5 Å². The summed E-state index contributed by atoms with van der Waals surface area (Å²) >= 11 is 0. The van der Waals surface area contributed by atoms with Crippen molar-refractivity contribution in [2.24, 2.45) is 23.2 Å². The second-order valence-electron chi connectivity index (χ2n) is 8.33. The SMILES string of the molecule is N#CCOC(=O)[C@@H]1CC(O)CN1C(=O)C12CC3CC(CC(C3)C1)C2. The maximum atomic E-state index is 13.4. The zero-order valence-corrected chi connectivity index (χ0v) is 13.8. The van der Waals surface area contributed by atoms with Crippen molar-refractivity contribution in [3.05, 3.63) is 0 Å². The molecule has 1 amide bonds. The monoisotopic (exact) mass is 332 g/mol. The number of nitrogens with zero attached hydrogens (tertiary/aromatic N) is 2. The molecular formula is C18H24N2O4. The number of nitriles is 1. The summed E-state index contributed by atoms with van der Waals surface area (Å²) in [5.41, 5.74) is -0.327. The molecule has 4 bridgehead atoms. The van der Waals surface area contributed by atoms with Gasteiger partial charge in [-0.3, -0.25) is 4.79 Å². The zero-order chi connectivity index (χ0) is 16.9. The van der Waals surface area contributed by atoms with Crippen LogP contribution in [0.3, 0.4) is 0 Å². The van der Waals surface area contributed by atoms with Crippen molar-refractivity contribution in [1.29, 1.82) is 5.26 Å². The highest BCUT2D eigenvalue weighted by Gasteiger charge is 2.57. The highest BCUT2D eigenvalue weighted by atomic mass is 16.5. The molecule has 1 heterocycles. The van der Waals surface area contributed by atoms with Gasteiger partial charge in [0, 0.05) is 13.0 Å². The summed E-state index contributed by atoms with van der Waals surface area (Å²) in [5, 5.41) is 18.6. The van der Waals surface area contributed by atoms with Gasteiger partial charge in [0.1, 0.15) is 12.1 Å². The molecule has 0 radical (unpaired) electrons. The van der Waals surface area contributed by atoms with Crippen LogP contribution in [-0.4, -0.2) is 47.2 Å². The molecule has 1 saturated heterocycles. The topological polar surface area (TPSA) is 90.6 Å². The van der Waals surface area contributed by atoms with Crippen molar-refractivity contribution in [3.63, 3.8) is 0 Å². The number of hydrogen-bond donors (Lipinski definition) is 1. The van der Waals surface area contributed by atoms with Gasteiger partial charge in [-0.2, -0.15) is 5.26 Å². The molecule has 6 nitrogen and oxygen atoms in total. The summed E-state index contributed by atoms with van der Waals surface area (Å²) < 4.78 is 4.92. The minimum absolute atomic E-state index is 0.0389. The first-order valence-corrected chi connectivity index (χ1v) is 9.03. The maximum absolute atomic E-state index is 13.4. The smallest absolute Gasteiger partial charge is 0.329 e. The van der Waals surface area contributed by atoms with E-state index in [1.807, 2.05) is 0 Å². The molecule has 4 aliphatic carbocycles. The standard InChI is InChI=1S/C18H24N2O4/c19-1-2-24-16(22)15-6-14(21)10-20(15)17(23)18-7-11-3-12(8-18)5-13(4-11)9-18/h11-15,21H,2-10H2/t11?,12?,13?,14?,15-,18?/m0/s1. The molecule has 5 rings (SSSR count). The van der Waals surface area contributed by atoms with Gasteiger partial charge in [-0.1, -0.05) is 0 Å². The van der Waals surface area contributed by atoms with Crippen molar-refractivity contribution in [2.45, 2.75) is 57.1 Å². The van der Waals surface area contributed by atoms with E-state index in [-0.39, 0.29) is 30.9 Å². The lowest BCUT2D eigenvalue weighted by molar-refractivity contribution is -0.165. The Kier molecular flexibility index (Phi) is 3.80. The fourth-order valence-electron chi connectivity index (χ4n) is 6.14. The van der Waals surface area contributed by atoms with E-state index in [0.29, 0.717) is 17.8 Å². The summed E-state index contributed by atoms with van der Waals surface area (Å²) in [6.07, 6.45) is 6.08. The average molecular weight is 332 g/mol. The predicted octanol–water partition coefficient (Wildman–Crippen LogP) is 1.23. The number of rotatable bonds is 3. The number of hydrogen-bond acceptors (Lipinski definition) is 5. The third kappa shape index (κ3) is 2.50. The average Bonchev–Trinajstić information content (AvgIpc) is 2.92. The summed E-state index contributed by atoms with van der Waals surface area (Å²) in [4.78, 5) is 27.1. The van der Waals surface area contributed by atoms with Crippen molar-refractivity contribution < 1.29 is 19.4 Å². The quantitative estimate of drug-likeness (QED) is 0.785. The molecule has 5 fully saturated rings. The van der Waals surface area contributed by atoms with Crippen LogP contribution in [0.1, 0.15) is 44.9 Å². The molecule has 1 aliphatic heterocycles. The van der Waals surface area contributed by atoms with E-state index in [9.17, 15) is 14.7 Å². The molecule has 6 heteroatoms. The van der Waals surface area contributed by atoms with E-state index in [1.54, 1.807) is 11.0 Å². The molecule has 1 N–H and O–H groups in total. The fraction of sp³-hybridized carbons (Fsp3) is 0.833. The largest absolute Gasteiger partial charge is 0.449 e. The summed E-state index contributed by atoms with van der Waals surface area (Å²) in [5.74, 6) is 1.42. The lowest BCUT2D eigenvalue weighted by atomic mass is 9.49. The number of esters is 1. The molecule has 0 aromatic rings. The molecule has 130 valence electrons. The Morgan fingerprint density at radius 1 is 1.12 bits per heavy atom. The number of carbonyl (C=O) groups is 2. The summed E-state index contributed by atoms with van der Waals surface area (Å²) in [6, 6.07) is 1.04. The lowest BCUT2D eigenvalue weighted by Gasteiger charge is -2.56. The molecule has 0 aromatic carbocycles. The van der Waals surface area contributed by atoms with Crippen molar-refractivity contribution in [2.75, 3.05) is 13.2 Å². The van der Waals surface area contributed by atoms with Crippen molar-refractivity contribution in [3.8, 4) is 6.07 Å². The van der Waals surface area contributed by atoms with E-state index in [1.165, 1.54) is 19.3 Å². The van der Waals surface area contributed by atoms with E-state index < -0.39 is 18.1 Å². The first kappa shape index (κ1) is 15.9. The predicted molar refractivity (Wildman–Crippen MR) is 83.3 cm³/mol. The van der Waals surface area contributed by atoms with E-state index >= 15 is 0 Å². The minimum Gasteiger partial charge on any atom is -0.449 e. The van der Waals surface area contributed by atoms with Crippen LogP contribution in [-0.2, 0) is 14.3 Å². The van der Waals surface area contributed by atoms with Gasteiger partial charge in [-0.05, 0) is 56.3 Å². The molecule has 0 spiro atoms. The third-order valence-electron chi connectivity index (χ3n) is 6.58. The maximum Gasteiger partial charge on any atom is 0.329 e. The number of carbonyl (C=O) groups excluding carboxylic acids is 2. The van der Waals surface area contributed by atoms with Gasteiger partial charge in [-0.25, -0.2) is 4.79 Å². The van der Waals surface area contributed by atoms with E-state index in [4.69, 9.17) is 10.00 Å². The van der Waals surface area contributed by atoms with Gasteiger partial charge >= 0.3 is 5.97 Å². The Hall–Kier alpha value is -1.61. The first-order valence-electron chi connectivity index (χ1n) is 9.03. The van der Waals surface area contributed by atoms with E-state index in [0.717, 1.165) is 19.3 Å². The van der Waals surface area contributed by atoms with Gasteiger partial charge in [0.05, 0.1) is 11.5 Å². The van der Waals surface area contributed by atoms with Crippen LogP contribution in [0.2, 0.25) is 0 Å². The van der Waals surface area contributed by atoms with Crippen molar-refractivity contribution >= 4 is 11.9 Å². The first-order chi connectivity index (χ1) is 11.5. The van der Waals surface area contributed by atoms with E-state index in [2.05, 4.69) is 0 Å². The highest BCUT2D eigenvalue weighted by molar-refractivity contribution is 5.89. The number of likely N-dealkylation sites (tertiary alicyclic amines) is 1. The van der Waals surface area contributed by atoms with Gasteiger partial charge in [-0.15, -0.1) is 0 Å². The molecule has 0 aromatic heterocycles. The molecule has 5 aliphatic rings. The fourth-order valence-corrected chi connectivity index (χ4v) is 6.14. The summed E-state index contributed by atoms with van der Waals surface area (Å²) in [7, 11) is 0. The number of aliphatic hydroxyl groups excluding tert-OH is 1. The highest BCUT2D eigenvalue weighted by Crippen LogP contribution is 2.60. The summed E-state index contributed by atoms with van der Waals surface area (Å²) in [6.45, 7) is -0.113. The van der Waals surface area contributed by atoms with Crippen LogP contribution in [0.25, 0.3) is 0 Å². The molecule has 1 unspecified atom stereocenters. The van der Waals surface area contributed by atoms with Gasteiger partial charge in [0.25, 0.3) is 0 Å². The Bertz CT molecular complexity index is 561. The van der Waals surface area contributed by atoms with Crippen molar-refractivity contribution in [1.82, 2.24) is 4.90 Å². The molecule has 24 heavy (non-hydrogen) atoms. The van der Waals surface area contributed by atoms with Crippen LogP contribution >= 0.6 is 0 Å². The number of ether oxygens (including phenoxy) is 1. The third-order valence-corrected chi connectivity index (χ3v) is 6.58. The second kappa shape index (κ2) is 5.73. The Morgan fingerprint density at radius 3 is 2.25 bits per heavy atom. The zero-order valence-electron chi connectivity index (χ0n) is 13.8. The van der Waals surface area contributed by atoms with Gasteiger partial charge in [0.2, 0.25) is 5.91 Å². The number of aliphatic hydroxyl groups is 1. The molecular weight excluding hydrogens is 308 g/mol. The lowest BCUT2D eigenvalue weighted by Crippen LogP contribution is -2.56. The Morgan fingerprint density at radius 2 is 1.71 bits per heavy atom. The molecule has 2 atom stereocenters.